The third-order valence-electron chi connectivity index (χ3n) is 4.09. The number of rotatable bonds is 7. The van der Waals surface area contributed by atoms with Crippen LogP contribution in [0.3, 0.4) is 0 Å². The molecule has 0 unspecified atom stereocenters. The van der Waals surface area contributed by atoms with Crippen molar-refractivity contribution in [3.05, 3.63) is 59.7 Å². The van der Waals surface area contributed by atoms with E-state index in [0.717, 1.165) is 11.8 Å². The number of nitrogens with zero attached hydrogens (tertiary/aromatic N) is 2. The van der Waals surface area contributed by atoms with Crippen LogP contribution < -0.4 is 9.62 Å². The molecule has 2 aromatic rings. The molecule has 0 aromatic heterocycles. The number of hydrogen-bond donors (Lipinski definition) is 1. The summed E-state index contributed by atoms with van der Waals surface area (Å²) in [7, 11) is -3.55. The average Bonchev–Trinajstić information content (AvgIpc) is 2.61. The molecule has 7 heteroatoms. The van der Waals surface area contributed by atoms with E-state index in [2.05, 4.69) is 5.32 Å². The summed E-state index contributed by atoms with van der Waals surface area (Å²) in [5.41, 5.74) is 2.26. The Bertz CT molecular complexity index is 962. The van der Waals surface area contributed by atoms with Gasteiger partial charge in [-0.2, -0.15) is 5.26 Å². The summed E-state index contributed by atoms with van der Waals surface area (Å²) < 4.78 is 25.9. The van der Waals surface area contributed by atoms with Gasteiger partial charge in [-0.05, 0) is 29.7 Å². The second kappa shape index (κ2) is 8.69. The number of amides is 1. The quantitative estimate of drug-likeness (QED) is 0.790. The molecular formula is C20H23N3O3S. The van der Waals surface area contributed by atoms with Crippen LogP contribution in [-0.4, -0.2) is 27.1 Å². The van der Waals surface area contributed by atoms with E-state index in [-0.39, 0.29) is 24.8 Å². The van der Waals surface area contributed by atoms with Crippen LogP contribution in [-0.2, 0) is 14.8 Å². The molecule has 0 bridgehead atoms. The van der Waals surface area contributed by atoms with Crippen LogP contribution in [0, 0.1) is 11.3 Å². The predicted octanol–water partition coefficient (Wildman–Crippen LogP) is 3.48. The van der Waals surface area contributed by atoms with Crippen molar-refractivity contribution in [2.45, 2.75) is 26.2 Å². The van der Waals surface area contributed by atoms with Crippen molar-refractivity contribution in [3.63, 3.8) is 0 Å². The fraction of sp³-hybridized carbons (Fsp3) is 0.300. The third-order valence-corrected chi connectivity index (χ3v) is 5.27. The highest BCUT2D eigenvalue weighted by Crippen LogP contribution is 2.29. The fourth-order valence-electron chi connectivity index (χ4n) is 2.77. The summed E-state index contributed by atoms with van der Waals surface area (Å²) in [5, 5.41) is 11.8. The lowest BCUT2D eigenvalue weighted by atomic mass is 10.0. The van der Waals surface area contributed by atoms with Gasteiger partial charge in [0, 0.05) is 13.0 Å². The zero-order valence-electron chi connectivity index (χ0n) is 15.6. The average molecular weight is 385 g/mol. The number of hydrogen-bond acceptors (Lipinski definition) is 4. The van der Waals surface area contributed by atoms with E-state index in [1.54, 1.807) is 36.4 Å². The summed E-state index contributed by atoms with van der Waals surface area (Å²) in [6.45, 7) is 4.00. The molecule has 1 N–H and O–H groups in total. The molecule has 0 aliphatic rings. The van der Waals surface area contributed by atoms with Gasteiger partial charge in [-0.3, -0.25) is 9.10 Å². The highest BCUT2D eigenvalue weighted by molar-refractivity contribution is 7.92. The Morgan fingerprint density at radius 2 is 1.78 bits per heavy atom. The summed E-state index contributed by atoms with van der Waals surface area (Å²) >= 11 is 0. The maximum absolute atomic E-state index is 12.3. The first-order valence-corrected chi connectivity index (χ1v) is 10.4. The molecule has 1 amide bonds. The Morgan fingerprint density at radius 1 is 1.15 bits per heavy atom. The van der Waals surface area contributed by atoms with Gasteiger partial charge in [0.15, 0.2) is 0 Å². The first kappa shape index (κ1) is 20.5. The maximum atomic E-state index is 12.3. The number of anilines is 2. The van der Waals surface area contributed by atoms with Crippen molar-refractivity contribution in [1.82, 2.24) is 0 Å². The third kappa shape index (κ3) is 5.31. The first-order chi connectivity index (χ1) is 12.7. The van der Waals surface area contributed by atoms with E-state index in [1.807, 2.05) is 32.0 Å². The molecule has 0 aliphatic carbocycles. The number of carbonyl (C=O) groups is 1. The Morgan fingerprint density at radius 3 is 2.41 bits per heavy atom. The van der Waals surface area contributed by atoms with Crippen LogP contribution in [0.1, 0.15) is 37.3 Å². The smallest absolute Gasteiger partial charge is 0.232 e. The lowest BCUT2D eigenvalue weighted by Gasteiger charge is -2.26. The molecule has 0 fully saturated rings. The molecule has 142 valence electrons. The van der Waals surface area contributed by atoms with Crippen molar-refractivity contribution >= 4 is 27.3 Å². The SMILES string of the molecule is CC(C)c1ccccc1N(CCC(=O)Nc1ccccc1C#N)S(C)(=O)=O. The van der Waals surface area contributed by atoms with E-state index in [0.29, 0.717) is 16.9 Å². The standard InChI is InChI=1S/C20H23N3O3S/c1-15(2)17-9-5-7-11-19(17)23(27(3,25)26)13-12-20(24)22-18-10-6-4-8-16(18)14-21/h4-11,15H,12-13H2,1-3H3,(H,22,24). The Kier molecular flexibility index (Phi) is 6.59. The van der Waals surface area contributed by atoms with E-state index >= 15 is 0 Å². The summed E-state index contributed by atoms with van der Waals surface area (Å²) in [6, 6.07) is 16.0. The van der Waals surface area contributed by atoms with Gasteiger partial charge in [0.1, 0.15) is 6.07 Å². The van der Waals surface area contributed by atoms with Crippen molar-refractivity contribution in [1.29, 1.82) is 5.26 Å². The van der Waals surface area contributed by atoms with E-state index in [4.69, 9.17) is 5.26 Å². The molecule has 0 spiro atoms. The van der Waals surface area contributed by atoms with Crippen molar-refractivity contribution in [3.8, 4) is 6.07 Å². The van der Waals surface area contributed by atoms with Gasteiger partial charge in [-0.25, -0.2) is 8.42 Å². The molecule has 0 radical (unpaired) electrons. The highest BCUT2D eigenvalue weighted by Gasteiger charge is 2.22. The minimum atomic E-state index is -3.55. The van der Waals surface area contributed by atoms with Crippen LogP contribution in [0.15, 0.2) is 48.5 Å². The van der Waals surface area contributed by atoms with Gasteiger partial charge in [-0.1, -0.05) is 44.2 Å². The van der Waals surface area contributed by atoms with E-state index in [1.165, 1.54) is 4.31 Å². The molecule has 2 aromatic carbocycles. The number of para-hydroxylation sites is 2. The van der Waals surface area contributed by atoms with Gasteiger partial charge in [0.05, 0.1) is 23.2 Å². The summed E-state index contributed by atoms with van der Waals surface area (Å²) in [6.07, 6.45) is 1.10. The zero-order valence-corrected chi connectivity index (χ0v) is 16.5. The second-order valence-corrected chi connectivity index (χ2v) is 8.41. The van der Waals surface area contributed by atoms with Crippen LogP contribution in [0.5, 0.6) is 0 Å². The minimum absolute atomic E-state index is 0.0170. The van der Waals surface area contributed by atoms with Crippen molar-refractivity contribution < 1.29 is 13.2 Å². The number of carbonyl (C=O) groups excluding carboxylic acids is 1. The van der Waals surface area contributed by atoms with Gasteiger partial charge in [0.25, 0.3) is 0 Å². The first-order valence-electron chi connectivity index (χ1n) is 8.59. The minimum Gasteiger partial charge on any atom is -0.325 e. The monoisotopic (exact) mass is 385 g/mol. The molecule has 27 heavy (non-hydrogen) atoms. The van der Waals surface area contributed by atoms with Crippen LogP contribution >= 0.6 is 0 Å². The number of nitrogens with one attached hydrogen (secondary N) is 1. The molecule has 0 heterocycles. The summed E-state index contributed by atoms with van der Waals surface area (Å²) in [4.78, 5) is 12.3. The highest BCUT2D eigenvalue weighted by atomic mass is 32.2. The van der Waals surface area contributed by atoms with Crippen LogP contribution in [0.2, 0.25) is 0 Å². The zero-order chi connectivity index (χ0) is 20.0. The number of nitriles is 1. The predicted molar refractivity (Wildman–Crippen MR) is 107 cm³/mol. The largest absolute Gasteiger partial charge is 0.325 e. The van der Waals surface area contributed by atoms with Crippen LogP contribution in [0.4, 0.5) is 11.4 Å². The second-order valence-electron chi connectivity index (χ2n) is 6.50. The van der Waals surface area contributed by atoms with E-state index < -0.39 is 10.0 Å². The van der Waals surface area contributed by atoms with Crippen molar-refractivity contribution in [2.24, 2.45) is 0 Å². The topological polar surface area (TPSA) is 90.3 Å². The Balaban J connectivity index is 2.19. The molecular weight excluding hydrogens is 362 g/mol. The molecule has 6 nitrogen and oxygen atoms in total. The molecule has 0 saturated heterocycles. The van der Waals surface area contributed by atoms with Gasteiger partial charge in [0.2, 0.25) is 15.9 Å². The van der Waals surface area contributed by atoms with Gasteiger partial charge >= 0.3 is 0 Å². The summed E-state index contributed by atoms with van der Waals surface area (Å²) in [5.74, 6) is -0.213. The molecule has 0 aliphatic heterocycles. The molecule has 0 saturated carbocycles. The maximum Gasteiger partial charge on any atom is 0.232 e. The van der Waals surface area contributed by atoms with Crippen LogP contribution in [0.25, 0.3) is 0 Å². The lowest BCUT2D eigenvalue weighted by molar-refractivity contribution is -0.116. The normalized spacial score (nSPS) is 11.1. The Labute approximate surface area is 160 Å². The van der Waals surface area contributed by atoms with Crippen molar-refractivity contribution in [2.75, 3.05) is 22.4 Å². The molecule has 0 atom stereocenters. The molecule has 2 rings (SSSR count). The number of benzene rings is 2. The van der Waals surface area contributed by atoms with Gasteiger partial charge in [-0.15, -0.1) is 0 Å². The van der Waals surface area contributed by atoms with Gasteiger partial charge < -0.3 is 5.32 Å². The lowest BCUT2D eigenvalue weighted by Crippen LogP contribution is -2.33. The Hall–Kier alpha value is -2.85. The fourth-order valence-corrected chi connectivity index (χ4v) is 3.72. The number of sulfonamides is 1. The van der Waals surface area contributed by atoms with E-state index in [9.17, 15) is 13.2 Å².